The van der Waals surface area contributed by atoms with Crippen molar-refractivity contribution in [3.8, 4) is 0 Å². The fourth-order valence-corrected chi connectivity index (χ4v) is 2.19. The third kappa shape index (κ3) is 2.85. The molecule has 0 amide bonds. The highest BCUT2D eigenvalue weighted by atomic mass is 19.1. The molecule has 0 unspecified atom stereocenters. The van der Waals surface area contributed by atoms with Crippen LogP contribution in [0.4, 0.5) is 15.8 Å². The molecular formula is C12H17FN2. The van der Waals surface area contributed by atoms with E-state index in [1.54, 1.807) is 6.07 Å². The highest BCUT2D eigenvalue weighted by Gasteiger charge is 2.14. The molecule has 82 valence electrons. The predicted molar refractivity (Wildman–Crippen MR) is 61.3 cm³/mol. The third-order valence-electron chi connectivity index (χ3n) is 2.99. The van der Waals surface area contributed by atoms with E-state index in [1.165, 1.54) is 37.8 Å². The lowest BCUT2D eigenvalue weighted by molar-refractivity contribution is 0.579. The monoisotopic (exact) mass is 208 g/mol. The van der Waals surface area contributed by atoms with Crippen LogP contribution in [0.2, 0.25) is 0 Å². The van der Waals surface area contributed by atoms with E-state index >= 15 is 0 Å². The Kier molecular flexibility index (Phi) is 3.09. The van der Waals surface area contributed by atoms with Gasteiger partial charge in [0.2, 0.25) is 0 Å². The van der Waals surface area contributed by atoms with Crippen LogP contribution in [-0.4, -0.2) is 6.54 Å². The average Bonchev–Trinajstić information content (AvgIpc) is 2.65. The lowest BCUT2D eigenvalue weighted by atomic mass is 10.1. The Morgan fingerprint density at radius 1 is 1.27 bits per heavy atom. The number of nitrogens with one attached hydrogen (secondary N) is 1. The van der Waals surface area contributed by atoms with Crippen LogP contribution >= 0.6 is 0 Å². The molecule has 0 heterocycles. The first kappa shape index (κ1) is 10.3. The first-order chi connectivity index (χ1) is 7.24. The van der Waals surface area contributed by atoms with Crippen molar-refractivity contribution >= 4 is 11.4 Å². The second-order valence-corrected chi connectivity index (χ2v) is 4.30. The SMILES string of the molecule is Nc1cc(F)cc(NCC2CCCC2)c1. The molecule has 1 aromatic carbocycles. The highest BCUT2D eigenvalue weighted by molar-refractivity contribution is 5.54. The fraction of sp³-hybridized carbons (Fsp3) is 0.500. The summed E-state index contributed by atoms with van der Waals surface area (Å²) in [7, 11) is 0. The molecule has 0 atom stereocenters. The van der Waals surface area contributed by atoms with Crippen molar-refractivity contribution in [3.63, 3.8) is 0 Å². The Morgan fingerprint density at radius 3 is 2.67 bits per heavy atom. The summed E-state index contributed by atoms with van der Waals surface area (Å²) in [6, 6.07) is 4.60. The van der Waals surface area contributed by atoms with E-state index in [0.717, 1.165) is 18.2 Å². The lowest BCUT2D eigenvalue weighted by Gasteiger charge is -2.12. The molecule has 0 aromatic heterocycles. The smallest absolute Gasteiger partial charge is 0.127 e. The largest absolute Gasteiger partial charge is 0.399 e. The first-order valence-corrected chi connectivity index (χ1v) is 5.54. The van der Waals surface area contributed by atoms with E-state index in [-0.39, 0.29) is 5.82 Å². The van der Waals surface area contributed by atoms with Crippen molar-refractivity contribution in [3.05, 3.63) is 24.0 Å². The molecular weight excluding hydrogens is 191 g/mol. The van der Waals surface area contributed by atoms with Crippen molar-refractivity contribution in [2.75, 3.05) is 17.6 Å². The topological polar surface area (TPSA) is 38.0 Å². The average molecular weight is 208 g/mol. The summed E-state index contributed by atoms with van der Waals surface area (Å²) in [6.07, 6.45) is 5.24. The van der Waals surface area contributed by atoms with E-state index in [1.807, 2.05) is 0 Å². The van der Waals surface area contributed by atoms with Crippen LogP contribution < -0.4 is 11.1 Å². The van der Waals surface area contributed by atoms with Gasteiger partial charge in [0, 0.05) is 17.9 Å². The molecule has 0 spiro atoms. The summed E-state index contributed by atoms with van der Waals surface area (Å²) < 4.78 is 13.0. The van der Waals surface area contributed by atoms with Crippen molar-refractivity contribution < 1.29 is 4.39 Å². The number of anilines is 2. The van der Waals surface area contributed by atoms with Gasteiger partial charge in [-0.15, -0.1) is 0 Å². The summed E-state index contributed by atoms with van der Waals surface area (Å²) in [5.74, 6) is 0.471. The summed E-state index contributed by atoms with van der Waals surface area (Å²) in [4.78, 5) is 0. The van der Waals surface area contributed by atoms with Crippen LogP contribution in [0.3, 0.4) is 0 Å². The van der Waals surface area contributed by atoms with Crippen LogP contribution in [-0.2, 0) is 0 Å². The molecule has 1 aromatic rings. The second kappa shape index (κ2) is 4.51. The molecule has 1 saturated carbocycles. The standard InChI is InChI=1S/C12H17FN2/c13-10-5-11(14)7-12(6-10)15-8-9-3-1-2-4-9/h5-7,9,15H,1-4,8,14H2. The van der Waals surface area contributed by atoms with Gasteiger partial charge in [-0.2, -0.15) is 0 Å². The van der Waals surface area contributed by atoms with Gasteiger partial charge in [0.25, 0.3) is 0 Å². The Balaban J connectivity index is 1.92. The molecule has 0 bridgehead atoms. The molecule has 3 N–H and O–H groups in total. The molecule has 0 radical (unpaired) electrons. The lowest BCUT2D eigenvalue weighted by Crippen LogP contribution is -2.11. The number of nitrogen functional groups attached to an aromatic ring is 1. The van der Waals surface area contributed by atoms with E-state index in [9.17, 15) is 4.39 Å². The number of nitrogens with two attached hydrogens (primary N) is 1. The summed E-state index contributed by atoms with van der Waals surface area (Å²) >= 11 is 0. The minimum absolute atomic E-state index is 0.274. The predicted octanol–water partition coefficient (Wildman–Crippen LogP) is 3.01. The molecule has 0 aliphatic heterocycles. The zero-order chi connectivity index (χ0) is 10.7. The molecule has 2 nitrogen and oxygen atoms in total. The first-order valence-electron chi connectivity index (χ1n) is 5.54. The minimum atomic E-state index is -0.274. The van der Waals surface area contributed by atoms with Crippen molar-refractivity contribution in [2.24, 2.45) is 5.92 Å². The van der Waals surface area contributed by atoms with Crippen LogP contribution in [0.1, 0.15) is 25.7 Å². The number of rotatable bonds is 3. The van der Waals surface area contributed by atoms with E-state index in [4.69, 9.17) is 5.73 Å². The summed E-state index contributed by atoms with van der Waals surface area (Å²) in [5.41, 5.74) is 6.83. The Hall–Kier alpha value is -1.25. The van der Waals surface area contributed by atoms with E-state index in [0.29, 0.717) is 5.69 Å². The number of hydrogen-bond donors (Lipinski definition) is 2. The molecule has 0 saturated heterocycles. The third-order valence-corrected chi connectivity index (χ3v) is 2.99. The van der Waals surface area contributed by atoms with Gasteiger partial charge in [0.05, 0.1) is 0 Å². The maximum Gasteiger partial charge on any atom is 0.127 e. The zero-order valence-corrected chi connectivity index (χ0v) is 8.80. The van der Waals surface area contributed by atoms with Gasteiger partial charge in [0.1, 0.15) is 5.82 Å². The Bertz CT molecular complexity index is 312. The Morgan fingerprint density at radius 2 is 2.00 bits per heavy atom. The number of benzene rings is 1. The summed E-state index contributed by atoms with van der Waals surface area (Å²) in [6.45, 7) is 0.933. The van der Waals surface area contributed by atoms with Crippen molar-refractivity contribution in [2.45, 2.75) is 25.7 Å². The van der Waals surface area contributed by atoms with Gasteiger partial charge in [-0.05, 0) is 37.0 Å². The molecule has 3 heteroatoms. The second-order valence-electron chi connectivity index (χ2n) is 4.30. The van der Waals surface area contributed by atoms with Gasteiger partial charge < -0.3 is 11.1 Å². The number of hydrogen-bond acceptors (Lipinski definition) is 2. The van der Waals surface area contributed by atoms with E-state index < -0.39 is 0 Å². The van der Waals surface area contributed by atoms with Gasteiger partial charge >= 0.3 is 0 Å². The molecule has 15 heavy (non-hydrogen) atoms. The minimum Gasteiger partial charge on any atom is -0.399 e. The zero-order valence-electron chi connectivity index (χ0n) is 8.80. The van der Waals surface area contributed by atoms with Gasteiger partial charge in [-0.25, -0.2) is 4.39 Å². The molecule has 1 fully saturated rings. The van der Waals surface area contributed by atoms with Crippen molar-refractivity contribution in [1.82, 2.24) is 0 Å². The normalized spacial score (nSPS) is 16.9. The highest BCUT2D eigenvalue weighted by Crippen LogP contribution is 2.25. The van der Waals surface area contributed by atoms with Gasteiger partial charge in [-0.3, -0.25) is 0 Å². The maximum absolute atomic E-state index is 13.0. The van der Waals surface area contributed by atoms with Gasteiger partial charge in [0.15, 0.2) is 0 Å². The van der Waals surface area contributed by atoms with Crippen LogP contribution in [0.15, 0.2) is 18.2 Å². The number of halogens is 1. The molecule has 1 aliphatic carbocycles. The van der Waals surface area contributed by atoms with Gasteiger partial charge in [-0.1, -0.05) is 12.8 Å². The quantitative estimate of drug-likeness (QED) is 0.749. The molecule has 2 rings (SSSR count). The van der Waals surface area contributed by atoms with Crippen LogP contribution in [0.5, 0.6) is 0 Å². The van der Waals surface area contributed by atoms with Crippen LogP contribution in [0, 0.1) is 11.7 Å². The maximum atomic E-state index is 13.0. The van der Waals surface area contributed by atoms with Crippen molar-refractivity contribution in [1.29, 1.82) is 0 Å². The van der Waals surface area contributed by atoms with E-state index in [2.05, 4.69) is 5.32 Å². The summed E-state index contributed by atoms with van der Waals surface area (Å²) in [5, 5.41) is 3.25. The fourth-order valence-electron chi connectivity index (χ4n) is 2.19. The molecule has 1 aliphatic rings. The van der Waals surface area contributed by atoms with Crippen LogP contribution in [0.25, 0.3) is 0 Å². The Labute approximate surface area is 89.7 Å².